The van der Waals surface area contributed by atoms with Crippen molar-refractivity contribution < 1.29 is 0 Å². The van der Waals surface area contributed by atoms with Gasteiger partial charge in [0.05, 0.1) is 2.88 Å². The van der Waals surface area contributed by atoms with Crippen molar-refractivity contribution in [1.82, 2.24) is 5.32 Å². The first kappa shape index (κ1) is 15.4. The summed E-state index contributed by atoms with van der Waals surface area (Å²) in [6.45, 7) is 7.97. The van der Waals surface area contributed by atoms with E-state index in [0.29, 0.717) is 6.04 Å². The molecule has 1 atom stereocenters. The molecule has 1 unspecified atom stereocenters. The lowest BCUT2D eigenvalue weighted by Crippen LogP contribution is -2.21. The molecule has 1 N–H and O–H groups in total. The number of hydrogen-bond donors (Lipinski definition) is 1. The highest BCUT2D eigenvalue weighted by Crippen LogP contribution is 2.26. The minimum absolute atomic E-state index is 0.563. The van der Waals surface area contributed by atoms with Crippen molar-refractivity contribution in [3.05, 3.63) is 19.9 Å². The standard InChI is InChI=1S/C14H24INS/c1-4-8-16-13(7-5-6-11(2)3)12-9-14(15)17-10-12/h9-11,13,16H,4-8H2,1-3H3. The van der Waals surface area contributed by atoms with Gasteiger partial charge in [0, 0.05) is 6.04 Å². The van der Waals surface area contributed by atoms with Crippen molar-refractivity contribution in [3.8, 4) is 0 Å². The van der Waals surface area contributed by atoms with Gasteiger partial charge in [0.25, 0.3) is 0 Å². The molecule has 0 saturated carbocycles. The Labute approximate surface area is 124 Å². The lowest BCUT2D eigenvalue weighted by molar-refractivity contribution is 0.448. The first-order valence-electron chi connectivity index (χ1n) is 6.60. The van der Waals surface area contributed by atoms with Crippen molar-refractivity contribution in [2.24, 2.45) is 5.92 Å². The maximum Gasteiger partial charge on any atom is 0.0656 e. The molecule has 0 radical (unpaired) electrons. The van der Waals surface area contributed by atoms with Crippen LogP contribution in [0.2, 0.25) is 0 Å². The molecule has 1 nitrogen and oxygen atoms in total. The van der Waals surface area contributed by atoms with Crippen LogP contribution in [0.1, 0.15) is 58.1 Å². The molecular formula is C14H24INS. The predicted octanol–water partition coefficient (Wildman–Crippen LogP) is 5.22. The maximum absolute atomic E-state index is 3.68. The lowest BCUT2D eigenvalue weighted by atomic mass is 10.00. The van der Waals surface area contributed by atoms with Crippen LogP contribution in [-0.2, 0) is 0 Å². The Morgan fingerprint density at radius 1 is 1.35 bits per heavy atom. The Morgan fingerprint density at radius 2 is 2.12 bits per heavy atom. The van der Waals surface area contributed by atoms with Crippen LogP contribution < -0.4 is 5.32 Å². The summed E-state index contributed by atoms with van der Waals surface area (Å²) >= 11 is 4.26. The van der Waals surface area contributed by atoms with E-state index in [-0.39, 0.29) is 0 Å². The second kappa shape index (κ2) is 8.48. The number of nitrogens with one attached hydrogen (secondary N) is 1. The average Bonchev–Trinajstić information content (AvgIpc) is 2.69. The molecule has 3 heteroatoms. The van der Waals surface area contributed by atoms with Gasteiger partial charge in [0.15, 0.2) is 0 Å². The molecule has 1 heterocycles. The fourth-order valence-electron chi connectivity index (χ4n) is 1.94. The molecule has 0 aliphatic heterocycles. The van der Waals surface area contributed by atoms with Gasteiger partial charge in [-0.15, -0.1) is 11.3 Å². The van der Waals surface area contributed by atoms with Crippen LogP contribution in [0.5, 0.6) is 0 Å². The van der Waals surface area contributed by atoms with Crippen LogP contribution in [0.15, 0.2) is 11.4 Å². The van der Waals surface area contributed by atoms with Gasteiger partial charge in [-0.3, -0.25) is 0 Å². The molecule has 1 aromatic rings. The lowest BCUT2D eigenvalue weighted by Gasteiger charge is -2.18. The quantitative estimate of drug-likeness (QED) is 0.623. The minimum atomic E-state index is 0.563. The molecule has 0 fully saturated rings. The third-order valence-corrected chi connectivity index (χ3v) is 4.71. The highest BCUT2D eigenvalue weighted by atomic mass is 127. The van der Waals surface area contributed by atoms with Gasteiger partial charge in [-0.05, 0) is 64.9 Å². The third kappa shape index (κ3) is 6.20. The van der Waals surface area contributed by atoms with Gasteiger partial charge in [-0.25, -0.2) is 0 Å². The van der Waals surface area contributed by atoms with E-state index in [1.165, 1.54) is 34.1 Å². The third-order valence-electron chi connectivity index (χ3n) is 2.91. The Bertz CT molecular complexity index is 309. The SMILES string of the molecule is CCCNC(CCCC(C)C)c1csc(I)c1. The van der Waals surface area contributed by atoms with E-state index in [0.717, 1.165) is 12.5 Å². The molecule has 0 spiro atoms. The Kier molecular flexibility index (Phi) is 7.71. The monoisotopic (exact) mass is 365 g/mol. The van der Waals surface area contributed by atoms with Gasteiger partial charge in [-0.2, -0.15) is 0 Å². The number of thiophene rings is 1. The molecule has 1 rings (SSSR count). The largest absolute Gasteiger partial charge is 0.310 e. The molecule has 0 saturated heterocycles. The molecule has 0 aliphatic carbocycles. The minimum Gasteiger partial charge on any atom is -0.310 e. The number of halogens is 1. The second-order valence-corrected chi connectivity index (χ2v) is 7.82. The highest BCUT2D eigenvalue weighted by molar-refractivity contribution is 14.1. The summed E-state index contributed by atoms with van der Waals surface area (Å²) in [6.07, 6.45) is 5.14. The van der Waals surface area contributed by atoms with E-state index >= 15 is 0 Å². The normalized spacial score (nSPS) is 13.2. The maximum atomic E-state index is 3.68. The first-order valence-corrected chi connectivity index (χ1v) is 8.56. The van der Waals surface area contributed by atoms with Gasteiger partial charge >= 0.3 is 0 Å². The van der Waals surface area contributed by atoms with Crippen LogP contribution in [0.4, 0.5) is 0 Å². The summed E-state index contributed by atoms with van der Waals surface area (Å²) < 4.78 is 1.39. The zero-order valence-corrected chi connectivity index (χ0v) is 14.1. The zero-order valence-electron chi connectivity index (χ0n) is 11.1. The highest BCUT2D eigenvalue weighted by Gasteiger charge is 2.12. The van der Waals surface area contributed by atoms with E-state index in [1.807, 2.05) is 11.3 Å². The molecule has 17 heavy (non-hydrogen) atoms. The van der Waals surface area contributed by atoms with Crippen molar-refractivity contribution in [3.63, 3.8) is 0 Å². The molecule has 0 aliphatic rings. The summed E-state index contributed by atoms with van der Waals surface area (Å²) in [7, 11) is 0. The van der Waals surface area contributed by atoms with Crippen LogP contribution >= 0.6 is 33.9 Å². The average molecular weight is 365 g/mol. The molecule has 98 valence electrons. The topological polar surface area (TPSA) is 12.0 Å². The van der Waals surface area contributed by atoms with Gasteiger partial charge in [0.1, 0.15) is 0 Å². The van der Waals surface area contributed by atoms with Crippen molar-refractivity contribution in [1.29, 1.82) is 0 Å². The second-order valence-electron chi connectivity index (χ2n) is 5.02. The van der Waals surface area contributed by atoms with E-state index in [2.05, 4.69) is 60.1 Å². The van der Waals surface area contributed by atoms with Crippen LogP contribution in [0, 0.1) is 8.80 Å². The van der Waals surface area contributed by atoms with Crippen LogP contribution in [-0.4, -0.2) is 6.54 Å². The number of rotatable bonds is 8. The first-order chi connectivity index (χ1) is 8.13. The zero-order chi connectivity index (χ0) is 12.7. The summed E-state index contributed by atoms with van der Waals surface area (Å²) in [6, 6.07) is 2.89. The fourth-order valence-corrected chi connectivity index (χ4v) is 3.37. The summed E-state index contributed by atoms with van der Waals surface area (Å²) in [4.78, 5) is 0. The van der Waals surface area contributed by atoms with Crippen molar-refractivity contribution in [2.75, 3.05) is 6.54 Å². The van der Waals surface area contributed by atoms with E-state index in [1.54, 1.807) is 0 Å². The molecule has 0 amide bonds. The molecule has 0 bridgehead atoms. The van der Waals surface area contributed by atoms with E-state index in [4.69, 9.17) is 0 Å². The van der Waals surface area contributed by atoms with Crippen molar-refractivity contribution >= 4 is 33.9 Å². The van der Waals surface area contributed by atoms with Gasteiger partial charge < -0.3 is 5.32 Å². The predicted molar refractivity (Wildman–Crippen MR) is 86.8 cm³/mol. The molecule has 1 aromatic heterocycles. The fraction of sp³-hybridized carbons (Fsp3) is 0.714. The van der Waals surface area contributed by atoms with Gasteiger partial charge in [0.2, 0.25) is 0 Å². The molecular weight excluding hydrogens is 341 g/mol. The number of hydrogen-bond acceptors (Lipinski definition) is 2. The van der Waals surface area contributed by atoms with Crippen LogP contribution in [0.3, 0.4) is 0 Å². The summed E-state index contributed by atoms with van der Waals surface area (Å²) in [5.74, 6) is 0.824. The Morgan fingerprint density at radius 3 is 2.65 bits per heavy atom. The van der Waals surface area contributed by atoms with Gasteiger partial charge in [-0.1, -0.05) is 33.6 Å². The Balaban J connectivity index is 2.48. The molecule has 0 aromatic carbocycles. The summed E-state index contributed by atoms with van der Waals surface area (Å²) in [5, 5.41) is 5.99. The van der Waals surface area contributed by atoms with Crippen molar-refractivity contribution in [2.45, 2.75) is 52.5 Å². The van der Waals surface area contributed by atoms with E-state index in [9.17, 15) is 0 Å². The summed E-state index contributed by atoms with van der Waals surface area (Å²) in [5.41, 5.74) is 1.48. The Hall–Kier alpha value is 0.390. The van der Waals surface area contributed by atoms with E-state index < -0.39 is 0 Å². The smallest absolute Gasteiger partial charge is 0.0656 e. The van der Waals surface area contributed by atoms with Crippen LogP contribution in [0.25, 0.3) is 0 Å².